The lowest BCUT2D eigenvalue weighted by Crippen LogP contribution is -2.62. The van der Waals surface area contributed by atoms with E-state index in [0.717, 1.165) is 90.1 Å². The van der Waals surface area contributed by atoms with E-state index in [2.05, 4.69) is 46.9 Å². The Morgan fingerprint density at radius 3 is 2.05 bits per heavy atom. The zero-order valence-corrected chi connectivity index (χ0v) is 34.8. The fraction of sp³-hybridized carbons (Fsp3) is 0.860. The maximum atomic E-state index is 15.1. The van der Waals surface area contributed by atoms with Gasteiger partial charge in [0.15, 0.2) is 0 Å². The highest BCUT2D eigenvalue weighted by Gasteiger charge is 2.85. The lowest BCUT2D eigenvalue weighted by molar-refractivity contribution is -0.145. The van der Waals surface area contributed by atoms with Crippen LogP contribution in [-0.2, 0) is 28.8 Å². The quantitative estimate of drug-likeness (QED) is 0.193. The van der Waals surface area contributed by atoms with Crippen molar-refractivity contribution < 1.29 is 28.8 Å². The van der Waals surface area contributed by atoms with Gasteiger partial charge in [0.05, 0.1) is 12.0 Å². The summed E-state index contributed by atoms with van der Waals surface area (Å²) in [5, 5.41) is 12.1. The number of fused-ring (bicyclic) bond motifs is 1. The number of piperidine rings is 1. The molecule has 0 radical (unpaired) electrons. The first kappa shape index (κ1) is 41.6. The zero-order chi connectivity index (χ0) is 39.9. The summed E-state index contributed by atoms with van der Waals surface area (Å²) in [6.07, 6.45) is 12.8. The van der Waals surface area contributed by atoms with Crippen LogP contribution in [0.4, 0.5) is 0 Å². The normalized spacial score (nSPS) is 29.1. The number of amides is 5. The van der Waals surface area contributed by atoms with E-state index < -0.39 is 47.2 Å². The van der Waals surface area contributed by atoms with E-state index in [0.29, 0.717) is 32.4 Å². The molecule has 12 heteroatoms. The van der Waals surface area contributed by atoms with E-state index in [4.69, 9.17) is 0 Å². The molecule has 2 spiro atoms. The molecule has 6 fully saturated rings. The Labute approximate surface area is 329 Å². The summed E-state index contributed by atoms with van der Waals surface area (Å²) in [5.41, 5.74) is -1.02. The predicted molar refractivity (Wildman–Crippen MR) is 210 cm³/mol. The van der Waals surface area contributed by atoms with E-state index in [1.165, 1.54) is 0 Å². The predicted octanol–water partition coefficient (Wildman–Crippen LogP) is 4.24. The third kappa shape index (κ3) is 7.96. The van der Waals surface area contributed by atoms with Gasteiger partial charge in [-0.3, -0.25) is 28.8 Å². The van der Waals surface area contributed by atoms with Crippen LogP contribution in [0.25, 0.3) is 0 Å². The highest BCUT2D eigenvalue weighted by molar-refractivity contribution is 6.38. The number of nitrogens with one attached hydrogen (secondary N) is 4. The van der Waals surface area contributed by atoms with Crippen LogP contribution in [0.3, 0.4) is 0 Å². The second-order valence-corrected chi connectivity index (χ2v) is 19.7. The molecule has 12 nitrogen and oxygen atoms in total. The monoisotopic (exact) mass is 767 g/mol. The summed E-state index contributed by atoms with van der Waals surface area (Å²) in [7, 11) is 0. The second-order valence-electron chi connectivity index (χ2n) is 19.7. The van der Waals surface area contributed by atoms with Crippen LogP contribution in [0, 0.1) is 33.5 Å². The molecule has 308 valence electrons. The number of ketones is 1. The lowest BCUT2D eigenvalue weighted by atomic mass is 9.73. The van der Waals surface area contributed by atoms with E-state index in [1.807, 2.05) is 27.7 Å². The number of Topliss-reactive ketones (excluding diaryl/α,β-unsaturated/α-hetero) is 1. The smallest absolute Gasteiger partial charge is 0.289 e. The van der Waals surface area contributed by atoms with Gasteiger partial charge in [-0.05, 0) is 99.5 Å². The average molecular weight is 767 g/mol. The Morgan fingerprint density at radius 1 is 0.800 bits per heavy atom. The highest BCUT2D eigenvalue weighted by Crippen LogP contribution is 2.88. The van der Waals surface area contributed by atoms with Crippen LogP contribution in [-0.4, -0.2) is 102 Å². The Hall–Kier alpha value is -3.02. The molecule has 2 heterocycles. The van der Waals surface area contributed by atoms with Crippen molar-refractivity contribution >= 4 is 35.3 Å². The number of rotatable bonds is 14. The van der Waals surface area contributed by atoms with Crippen molar-refractivity contribution in [3.05, 3.63) is 0 Å². The number of likely N-dealkylation sites (tertiary alicyclic amines) is 2. The van der Waals surface area contributed by atoms with Gasteiger partial charge < -0.3 is 31.1 Å². The molecule has 0 unspecified atom stereocenters. The van der Waals surface area contributed by atoms with E-state index in [9.17, 15) is 24.0 Å². The largest absolute Gasteiger partial charge is 0.347 e. The Balaban J connectivity index is 1.25. The van der Waals surface area contributed by atoms with Crippen LogP contribution in [0.2, 0.25) is 0 Å². The van der Waals surface area contributed by atoms with Crippen molar-refractivity contribution in [3.63, 3.8) is 0 Å². The molecule has 6 rings (SSSR count). The Bertz CT molecular complexity index is 1490. The van der Waals surface area contributed by atoms with Gasteiger partial charge in [0, 0.05) is 24.5 Å². The van der Waals surface area contributed by atoms with E-state index >= 15 is 4.79 Å². The molecular formula is C43H70N6O6. The topological polar surface area (TPSA) is 157 Å². The second kappa shape index (κ2) is 16.1. The molecule has 2 saturated heterocycles. The fourth-order valence-electron chi connectivity index (χ4n) is 11.3. The molecule has 6 aliphatic rings. The van der Waals surface area contributed by atoms with Crippen LogP contribution in [0.15, 0.2) is 0 Å². The summed E-state index contributed by atoms with van der Waals surface area (Å²) >= 11 is 0. The number of carbonyl (C=O) groups is 6. The first-order valence-corrected chi connectivity index (χ1v) is 21.8. The molecule has 0 aromatic rings. The first-order chi connectivity index (χ1) is 26.0. The van der Waals surface area contributed by atoms with Gasteiger partial charge in [-0.15, -0.1) is 0 Å². The molecule has 55 heavy (non-hydrogen) atoms. The maximum absolute atomic E-state index is 15.1. The molecule has 4 saturated carbocycles. The lowest BCUT2D eigenvalue weighted by Gasteiger charge is -2.38. The van der Waals surface area contributed by atoms with E-state index in [-0.39, 0.29) is 51.8 Å². The molecular weight excluding hydrogens is 697 g/mol. The van der Waals surface area contributed by atoms with Gasteiger partial charge in [-0.1, -0.05) is 80.6 Å². The van der Waals surface area contributed by atoms with Crippen molar-refractivity contribution in [1.29, 1.82) is 0 Å². The van der Waals surface area contributed by atoms with Crippen LogP contribution >= 0.6 is 0 Å². The maximum Gasteiger partial charge on any atom is 0.289 e. The first-order valence-electron chi connectivity index (χ1n) is 21.8. The van der Waals surface area contributed by atoms with Crippen molar-refractivity contribution in [2.75, 3.05) is 26.2 Å². The SMILES string of the molecule is CCC[C@H](NC(=O)[C@@H]1C[C@@]2(CN1C(=O)[C@@H](NC(=O)[C@@H](NC(=O)[C@H]1CCCN(CC)C1)C1CCCCC1)C(C)(C)C)C(C)(C)C21CCC1)C(=O)C(=O)NC1CC1. The third-order valence-electron chi connectivity index (χ3n) is 15.2. The van der Waals surface area contributed by atoms with Gasteiger partial charge in [-0.2, -0.15) is 0 Å². The molecule has 0 aromatic carbocycles. The Morgan fingerprint density at radius 2 is 1.49 bits per heavy atom. The fourth-order valence-corrected chi connectivity index (χ4v) is 11.3. The van der Waals surface area contributed by atoms with Gasteiger partial charge in [-0.25, -0.2) is 0 Å². The molecule has 4 N–H and O–H groups in total. The number of nitrogens with zero attached hydrogens (tertiary/aromatic N) is 2. The Kier molecular flexibility index (Phi) is 12.2. The zero-order valence-electron chi connectivity index (χ0n) is 34.8. The summed E-state index contributed by atoms with van der Waals surface area (Å²) in [5.74, 6) is -2.71. The molecule has 5 amide bonds. The minimum Gasteiger partial charge on any atom is -0.347 e. The summed E-state index contributed by atoms with van der Waals surface area (Å²) in [6, 6.07) is -3.54. The van der Waals surface area contributed by atoms with Crippen LogP contribution < -0.4 is 21.3 Å². The molecule has 2 aliphatic heterocycles. The van der Waals surface area contributed by atoms with Gasteiger partial charge in [0.2, 0.25) is 29.4 Å². The van der Waals surface area contributed by atoms with Crippen molar-refractivity contribution in [2.24, 2.45) is 33.5 Å². The average Bonchev–Trinajstić information content (AvgIpc) is 3.96. The number of hydrogen-bond donors (Lipinski definition) is 4. The van der Waals surface area contributed by atoms with Gasteiger partial charge in [0.25, 0.3) is 5.91 Å². The third-order valence-corrected chi connectivity index (χ3v) is 15.2. The van der Waals surface area contributed by atoms with Gasteiger partial charge in [0.1, 0.15) is 18.1 Å². The molecule has 0 aromatic heterocycles. The molecule has 0 bridgehead atoms. The standard InChI is InChI=1S/C43H70N6O6/c1-8-15-30(33(50)38(54)44-29-19-20-29)45-36(52)31-24-43(41(6,7)42(43)21-14-22-42)26-49(31)39(55)34(40(3,4)5)47-37(53)32(27-16-11-10-12-17-27)46-35(51)28-18-13-23-48(9-2)25-28/h27-32,34H,8-26H2,1-7H3,(H,44,54)(H,45,52)(H,46,51)(H,47,53)/t28-,30-,31-,32-,34+,43+/m0/s1. The van der Waals surface area contributed by atoms with Crippen LogP contribution in [0.1, 0.15) is 145 Å². The summed E-state index contributed by atoms with van der Waals surface area (Å²) < 4.78 is 0. The van der Waals surface area contributed by atoms with Crippen molar-refractivity contribution in [2.45, 2.75) is 175 Å². The van der Waals surface area contributed by atoms with E-state index in [1.54, 1.807) is 4.90 Å². The molecule has 6 atom stereocenters. The van der Waals surface area contributed by atoms with Gasteiger partial charge >= 0.3 is 0 Å². The summed E-state index contributed by atoms with van der Waals surface area (Å²) in [4.78, 5) is 88.0. The number of carbonyl (C=O) groups excluding carboxylic acids is 6. The minimum atomic E-state index is -0.985. The van der Waals surface area contributed by atoms with Crippen molar-refractivity contribution in [1.82, 2.24) is 31.1 Å². The molecule has 4 aliphatic carbocycles. The summed E-state index contributed by atoms with van der Waals surface area (Å²) in [6.45, 7) is 17.2. The number of hydrogen-bond acceptors (Lipinski definition) is 7. The van der Waals surface area contributed by atoms with Crippen molar-refractivity contribution in [3.8, 4) is 0 Å². The highest BCUT2D eigenvalue weighted by atomic mass is 16.2. The minimum absolute atomic E-state index is 0.0160. The van der Waals surface area contributed by atoms with Crippen LogP contribution in [0.5, 0.6) is 0 Å².